The van der Waals surface area contributed by atoms with Gasteiger partial charge in [0.05, 0.1) is 5.92 Å². The van der Waals surface area contributed by atoms with Crippen molar-refractivity contribution >= 4 is 0 Å². The Labute approximate surface area is 70.9 Å². The smallest absolute Gasteiger partial charge is 0.330 e. The van der Waals surface area contributed by atoms with Crippen LogP contribution in [0.2, 0.25) is 0 Å². The summed E-state index contributed by atoms with van der Waals surface area (Å²) >= 11 is 0. The Morgan fingerprint density at radius 2 is 1.46 bits per heavy atom. The Hall–Kier alpha value is -0.460. The SMILES string of the molecule is NCC(CCC(F)(F)F)C(F)(F)F. The minimum absolute atomic E-state index is 0.806. The Morgan fingerprint density at radius 3 is 1.69 bits per heavy atom. The molecular weight excluding hydrogens is 200 g/mol. The molecule has 0 aliphatic rings. The van der Waals surface area contributed by atoms with Gasteiger partial charge in [-0.25, -0.2) is 0 Å². The quantitative estimate of drug-likeness (QED) is 0.710. The van der Waals surface area contributed by atoms with E-state index in [4.69, 9.17) is 5.73 Å². The molecule has 1 unspecified atom stereocenters. The van der Waals surface area contributed by atoms with Crippen LogP contribution < -0.4 is 5.73 Å². The van der Waals surface area contributed by atoms with Crippen molar-refractivity contribution < 1.29 is 26.3 Å². The lowest BCUT2D eigenvalue weighted by atomic mass is 10.0. The Bertz CT molecular complexity index is 148. The van der Waals surface area contributed by atoms with Gasteiger partial charge < -0.3 is 5.73 Å². The van der Waals surface area contributed by atoms with Crippen molar-refractivity contribution in [3.05, 3.63) is 0 Å². The molecule has 0 aromatic carbocycles. The first kappa shape index (κ1) is 12.5. The van der Waals surface area contributed by atoms with Crippen LogP contribution in [0.4, 0.5) is 26.3 Å². The monoisotopic (exact) mass is 209 g/mol. The average Bonchev–Trinajstić information content (AvgIpc) is 1.82. The molecular formula is C6H9F6N. The van der Waals surface area contributed by atoms with Crippen molar-refractivity contribution in [3.63, 3.8) is 0 Å². The maximum absolute atomic E-state index is 11.8. The highest BCUT2D eigenvalue weighted by Crippen LogP contribution is 2.32. The molecule has 0 amide bonds. The fraction of sp³-hybridized carbons (Fsp3) is 1.00. The molecule has 0 fully saturated rings. The van der Waals surface area contributed by atoms with Crippen molar-refractivity contribution in [2.75, 3.05) is 6.54 Å². The van der Waals surface area contributed by atoms with Crippen LogP contribution in [0.15, 0.2) is 0 Å². The second-order valence-electron chi connectivity index (χ2n) is 2.63. The van der Waals surface area contributed by atoms with E-state index < -0.39 is 37.7 Å². The minimum Gasteiger partial charge on any atom is -0.330 e. The number of halogens is 6. The zero-order valence-corrected chi connectivity index (χ0v) is 6.54. The van der Waals surface area contributed by atoms with Gasteiger partial charge in [-0.15, -0.1) is 0 Å². The number of nitrogens with two attached hydrogens (primary N) is 1. The predicted molar refractivity (Wildman–Crippen MR) is 33.9 cm³/mol. The summed E-state index contributed by atoms with van der Waals surface area (Å²) in [5.41, 5.74) is 4.70. The molecule has 0 bridgehead atoms. The normalized spacial score (nSPS) is 15.9. The van der Waals surface area contributed by atoms with E-state index in [-0.39, 0.29) is 0 Å². The first-order valence-electron chi connectivity index (χ1n) is 3.50. The third-order valence-electron chi connectivity index (χ3n) is 1.52. The van der Waals surface area contributed by atoms with Crippen LogP contribution in [0, 0.1) is 5.92 Å². The molecule has 1 nitrogen and oxygen atoms in total. The van der Waals surface area contributed by atoms with Crippen molar-refractivity contribution in [1.82, 2.24) is 0 Å². The average molecular weight is 209 g/mol. The van der Waals surface area contributed by atoms with Gasteiger partial charge in [0.15, 0.2) is 0 Å². The third-order valence-corrected chi connectivity index (χ3v) is 1.52. The van der Waals surface area contributed by atoms with Crippen molar-refractivity contribution in [3.8, 4) is 0 Å². The van der Waals surface area contributed by atoms with Crippen molar-refractivity contribution in [2.45, 2.75) is 25.2 Å². The lowest BCUT2D eigenvalue weighted by Gasteiger charge is -2.18. The summed E-state index contributed by atoms with van der Waals surface area (Å²) in [5.74, 6) is -2.06. The molecule has 7 heteroatoms. The van der Waals surface area contributed by atoms with Crippen LogP contribution in [-0.2, 0) is 0 Å². The van der Waals surface area contributed by atoms with Crippen molar-refractivity contribution in [2.24, 2.45) is 11.7 Å². The summed E-state index contributed by atoms with van der Waals surface area (Å²) in [4.78, 5) is 0. The van der Waals surface area contributed by atoms with E-state index in [0.29, 0.717) is 0 Å². The first-order chi connectivity index (χ1) is 5.67. The van der Waals surface area contributed by atoms with E-state index in [9.17, 15) is 26.3 Å². The highest BCUT2D eigenvalue weighted by atomic mass is 19.4. The van der Waals surface area contributed by atoms with Gasteiger partial charge in [-0.05, 0) is 6.42 Å². The summed E-state index contributed by atoms with van der Waals surface area (Å²) in [7, 11) is 0. The Morgan fingerprint density at radius 1 is 1.00 bits per heavy atom. The molecule has 2 N–H and O–H groups in total. The van der Waals surface area contributed by atoms with Gasteiger partial charge in [-0.3, -0.25) is 0 Å². The minimum atomic E-state index is -4.64. The van der Waals surface area contributed by atoms with Gasteiger partial charge in [0.25, 0.3) is 0 Å². The number of rotatable bonds is 3. The summed E-state index contributed by atoms with van der Waals surface area (Å²) in [6.07, 6.45) is -11.6. The van der Waals surface area contributed by atoms with Gasteiger partial charge in [0, 0.05) is 13.0 Å². The fourth-order valence-corrected chi connectivity index (χ4v) is 0.753. The highest BCUT2D eigenvalue weighted by Gasteiger charge is 2.40. The lowest BCUT2D eigenvalue weighted by molar-refractivity contribution is -0.186. The molecule has 13 heavy (non-hydrogen) atoms. The third kappa shape index (κ3) is 5.73. The number of hydrogen-bond donors (Lipinski definition) is 1. The second kappa shape index (κ2) is 4.17. The van der Waals surface area contributed by atoms with E-state index in [1.807, 2.05) is 0 Å². The molecule has 80 valence electrons. The summed E-state index contributed by atoms with van der Waals surface area (Å²) in [6.45, 7) is -0.806. The molecule has 0 heterocycles. The van der Waals surface area contributed by atoms with E-state index in [1.54, 1.807) is 0 Å². The van der Waals surface area contributed by atoms with Crippen LogP contribution in [0.1, 0.15) is 12.8 Å². The fourth-order valence-electron chi connectivity index (χ4n) is 0.753. The van der Waals surface area contributed by atoms with Crippen LogP contribution >= 0.6 is 0 Å². The standard InChI is InChI=1S/C6H9F6N/c7-5(8,9)2-1-4(3-13)6(10,11)12/h4H,1-3,13H2. The maximum atomic E-state index is 11.8. The zero-order valence-electron chi connectivity index (χ0n) is 6.54. The van der Waals surface area contributed by atoms with Gasteiger partial charge in [0.2, 0.25) is 0 Å². The Kier molecular flexibility index (Phi) is 4.02. The topological polar surface area (TPSA) is 26.0 Å². The van der Waals surface area contributed by atoms with Crippen LogP contribution in [0.25, 0.3) is 0 Å². The van der Waals surface area contributed by atoms with Gasteiger partial charge in [0.1, 0.15) is 0 Å². The highest BCUT2D eigenvalue weighted by molar-refractivity contribution is 4.70. The zero-order chi connectivity index (χ0) is 10.7. The van der Waals surface area contributed by atoms with E-state index >= 15 is 0 Å². The van der Waals surface area contributed by atoms with Crippen LogP contribution in [-0.4, -0.2) is 18.9 Å². The molecule has 0 radical (unpaired) electrons. The first-order valence-corrected chi connectivity index (χ1v) is 3.50. The lowest BCUT2D eigenvalue weighted by Crippen LogP contribution is -2.31. The molecule has 0 saturated heterocycles. The van der Waals surface area contributed by atoms with Gasteiger partial charge in [-0.2, -0.15) is 26.3 Å². The van der Waals surface area contributed by atoms with E-state index in [1.165, 1.54) is 0 Å². The summed E-state index contributed by atoms with van der Waals surface area (Å²) in [5, 5.41) is 0. The largest absolute Gasteiger partial charge is 0.393 e. The maximum Gasteiger partial charge on any atom is 0.393 e. The van der Waals surface area contributed by atoms with E-state index in [0.717, 1.165) is 0 Å². The molecule has 0 saturated carbocycles. The molecule has 0 aromatic rings. The summed E-state index contributed by atoms with van der Waals surface area (Å²) in [6, 6.07) is 0. The second-order valence-corrected chi connectivity index (χ2v) is 2.63. The van der Waals surface area contributed by atoms with Gasteiger partial charge in [-0.1, -0.05) is 0 Å². The number of hydrogen-bond acceptors (Lipinski definition) is 1. The molecule has 0 aliphatic carbocycles. The van der Waals surface area contributed by atoms with Crippen molar-refractivity contribution in [1.29, 1.82) is 0 Å². The molecule has 0 aromatic heterocycles. The molecule has 0 rings (SSSR count). The van der Waals surface area contributed by atoms with Crippen LogP contribution in [0.3, 0.4) is 0 Å². The van der Waals surface area contributed by atoms with E-state index in [2.05, 4.69) is 0 Å². The number of alkyl halides is 6. The molecule has 0 spiro atoms. The molecule has 0 aliphatic heterocycles. The van der Waals surface area contributed by atoms with Gasteiger partial charge >= 0.3 is 12.4 Å². The summed E-state index contributed by atoms with van der Waals surface area (Å²) < 4.78 is 70.1. The molecule has 1 atom stereocenters. The predicted octanol–water partition coefficient (Wildman–Crippen LogP) is 2.47. The van der Waals surface area contributed by atoms with Crippen LogP contribution in [0.5, 0.6) is 0 Å². The Balaban J connectivity index is 4.02.